The first-order valence-electron chi connectivity index (χ1n) is 4.21. The summed E-state index contributed by atoms with van der Waals surface area (Å²) in [6, 6.07) is 2.63. The van der Waals surface area contributed by atoms with Crippen LogP contribution >= 0.6 is 11.6 Å². The van der Waals surface area contributed by atoms with Gasteiger partial charge in [0.05, 0.1) is 0 Å². The molecule has 1 rings (SSSR count). The number of ether oxygens (including phenoxy) is 1. The van der Waals surface area contributed by atoms with Gasteiger partial charge >= 0.3 is 12.8 Å². The van der Waals surface area contributed by atoms with E-state index in [4.69, 9.17) is 16.7 Å². The van der Waals surface area contributed by atoms with Gasteiger partial charge in [0.2, 0.25) is 0 Å². The van der Waals surface area contributed by atoms with E-state index in [-0.39, 0.29) is 5.02 Å². The second kappa shape index (κ2) is 5.05. The molecule has 0 aliphatic rings. The zero-order valence-electron chi connectivity index (χ0n) is 8.01. The highest BCUT2D eigenvalue weighted by Crippen LogP contribution is 2.38. The van der Waals surface area contributed by atoms with Gasteiger partial charge in [0.1, 0.15) is 5.75 Å². The summed E-state index contributed by atoms with van der Waals surface area (Å²) < 4.78 is 64.5. The molecule has 0 fully saturated rings. The van der Waals surface area contributed by atoms with Crippen LogP contribution in [0.2, 0.25) is 5.02 Å². The predicted octanol–water partition coefficient (Wildman–Crippen LogP) is 3.54. The second-order valence-corrected chi connectivity index (χ2v) is 3.44. The standard InChI is InChI=1S/C9H6ClF5O2/c10-4-1-2-6(17-8(11)12)5(3-4)7(16)9(13,14)15/h1-3,7-8,16H/t7-/m1/s1. The summed E-state index contributed by atoms with van der Waals surface area (Å²) >= 11 is 5.43. The Balaban J connectivity index is 3.15. The van der Waals surface area contributed by atoms with Crippen molar-refractivity contribution in [3.05, 3.63) is 28.8 Å². The topological polar surface area (TPSA) is 29.5 Å². The van der Waals surface area contributed by atoms with E-state index in [1.54, 1.807) is 0 Å². The van der Waals surface area contributed by atoms with Crippen molar-refractivity contribution in [2.45, 2.75) is 18.9 Å². The van der Waals surface area contributed by atoms with Crippen LogP contribution in [0.1, 0.15) is 11.7 Å². The molecule has 96 valence electrons. The molecule has 0 aromatic heterocycles. The monoisotopic (exact) mass is 276 g/mol. The molecule has 8 heteroatoms. The summed E-state index contributed by atoms with van der Waals surface area (Å²) in [5, 5.41) is 8.83. The predicted molar refractivity (Wildman–Crippen MR) is 49.1 cm³/mol. The number of aliphatic hydroxyl groups excluding tert-OH is 1. The van der Waals surface area contributed by atoms with Gasteiger partial charge in [-0.15, -0.1) is 0 Å². The Kier molecular flexibility index (Phi) is 4.16. The summed E-state index contributed by atoms with van der Waals surface area (Å²) in [5.41, 5.74) is -0.856. The normalized spacial score (nSPS) is 13.9. The Morgan fingerprint density at radius 1 is 1.24 bits per heavy atom. The van der Waals surface area contributed by atoms with Gasteiger partial charge in [-0.25, -0.2) is 0 Å². The summed E-state index contributed by atoms with van der Waals surface area (Å²) in [6.07, 6.45) is -7.93. The molecule has 0 saturated carbocycles. The molecule has 1 aromatic carbocycles. The fourth-order valence-corrected chi connectivity index (χ4v) is 1.29. The van der Waals surface area contributed by atoms with Gasteiger partial charge in [-0.05, 0) is 18.2 Å². The summed E-state index contributed by atoms with van der Waals surface area (Å²) in [5.74, 6) is -0.769. The van der Waals surface area contributed by atoms with Crippen LogP contribution in [0.3, 0.4) is 0 Å². The molecule has 1 aromatic rings. The number of hydrogen-bond donors (Lipinski definition) is 1. The lowest BCUT2D eigenvalue weighted by atomic mass is 10.1. The minimum atomic E-state index is -5.00. The summed E-state index contributed by atoms with van der Waals surface area (Å²) in [4.78, 5) is 0. The Hall–Kier alpha value is -1.08. The molecule has 0 radical (unpaired) electrons. The van der Waals surface area contributed by atoms with Gasteiger partial charge in [-0.1, -0.05) is 11.6 Å². The number of rotatable bonds is 3. The van der Waals surface area contributed by atoms with E-state index in [1.165, 1.54) is 0 Å². The lowest BCUT2D eigenvalue weighted by Gasteiger charge is -2.18. The zero-order valence-corrected chi connectivity index (χ0v) is 8.77. The van der Waals surface area contributed by atoms with Crippen molar-refractivity contribution < 1.29 is 31.8 Å². The first-order chi connectivity index (χ1) is 7.71. The van der Waals surface area contributed by atoms with Crippen molar-refractivity contribution in [3.63, 3.8) is 0 Å². The fourth-order valence-electron chi connectivity index (χ4n) is 1.11. The third-order valence-corrected chi connectivity index (χ3v) is 2.03. The number of benzene rings is 1. The molecule has 17 heavy (non-hydrogen) atoms. The van der Waals surface area contributed by atoms with Crippen molar-refractivity contribution in [1.29, 1.82) is 0 Å². The van der Waals surface area contributed by atoms with E-state index in [1.807, 2.05) is 0 Å². The Morgan fingerprint density at radius 3 is 2.29 bits per heavy atom. The zero-order chi connectivity index (χ0) is 13.2. The van der Waals surface area contributed by atoms with Gasteiger partial charge < -0.3 is 9.84 Å². The third-order valence-electron chi connectivity index (χ3n) is 1.79. The first kappa shape index (κ1) is 14.0. The van der Waals surface area contributed by atoms with E-state index >= 15 is 0 Å². The van der Waals surface area contributed by atoms with Crippen LogP contribution in [0.5, 0.6) is 5.75 Å². The van der Waals surface area contributed by atoms with Crippen molar-refractivity contribution in [1.82, 2.24) is 0 Å². The number of halogens is 6. The van der Waals surface area contributed by atoms with Crippen molar-refractivity contribution in [2.24, 2.45) is 0 Å². The van der Waals surface area contributed by atoms with E-state index < -0.39 is 30.2 Å². The molecule has 0 saturated heterocycles. The van der Waals surface area contributed by atoms with E-state index in [9.17, 15) is 22.0 Å². The highest BCUT2D eigenvalue weighted by molar-refractivity contribution is 6.30. The summed E-state index contributed by atoms with van der Waals surface area (Å²) in [6.45, 7) is -3.30. The lowest BCUT2D eigenvalue weighted by molar-refractivity contribution is -0.207. The molecular weight excluding hydrogens is 271 g/mol. The highest BCUT2D eigenvalue weighted by atomic mass is 35.5. The van der Waals surface area contributed by atoms with Crippen LogP contribution in [0.4, 0.5) is 22.0 Å². The minimum Gasteiger partial charge on any atom is -0.434 e. The van der Waals surface area contributed by atoms with Crippen LogP contribution in [0.15, 0.2) is 18.2 Å². The molecule has 0 unspecified atom stereocenters. The maximum absolute atomic E-state index is 12.2. The Morgan fingerprint density at radius 2 is 1.82 bits per heavy atom. The van der Waals surface area contributed by atoms with Crippen LogP contribution in [-0.4, -0.2) is 17.9 Å². The fraction of sp³-hybridized carbons (Fsp3) is 0.333. The van der Waals surface area contributed by atoms with Crippen LogP contribution in [0.25, 0.3) is 0 Å². The largest absolute Gasteiger partial charge is 0.434 e. The quantitative estimate of drug-likeness (QED) is 0.856. The van der Waals surface area contributed by atoms with E-state index in [2.05, 4.69) is 4.74 Å². The van der Waals surface area contributed by atoms with Gasteiger partial charge in [0, 0.05) is 10.6 Å². The number of alkyl halides is 5. The molecule has 0 aliphatic heterocycles. The van der Waals surface area contributed by atoms with E-state index in [0.717, 1.165) is 18.2 Å². The van der Waals surface area contributed by atoms with Gasteiger partial charge in [-0.3, -0.25) is 0 Å². The number of aliphatic hydroxyl groups is 1. The third kappa shape index (κ3) is 3.71. The number of hydrogen-bond acceptors (Lipinski definition) is 2. The average Bonchev–Trinajstić information content (AvgIpc) is 2.17. The molecule has 0 bridgehead atoms. The Bertz CT molecular complexity index is 393. The van der Waals surface area contributed by atoms with Crippen molar-refractivity contribution in [3.8, 4) is 5.75 Å². The minimum absolute atomic E-state index is 0.134. The average molecular weight is 277 g/mol. The molecule has 0 spiro atoms. The SMILES string of the molecule is O[C@H](c1cc(Cl)ccc1OC(F)F)C(F)(F)F. The molecule has 0 amide bonds. The molecule has 0 aliphatic carbocycles. The smallest absolute Gasteiger partial charge is 0.418 e. The van der Waals surface area contributed by atoms with Gasteiger partial charge in [0.25, 0.3) is 0 Å². The van der Waals surface area contributed by atoms with Crippen molar-refractivity contribution in [2.75, 3.05) is 0 Å². The second-order valence-electron chi connectivity index (χ2n) is 3.00. The highest BCUT2D eigenvalue weighted by Gasteiger charge is 2.41. The van der Waals surface area contributed by atoms with Crippen molar-refractivity contribution >= 4 is 11.6 Å². The molecule has 2 nitrogen and oxygen atoms in total. The Labute approximate surface area is 97.6 Å². The van der Waals surface area contributed by atoms with E-state index in [0.29, 0.717) is 0 Å². The van der Waals surface area contributed by atoms with Crippen LogP contribution < -0.4 is 4.74 Å². The van der Waals surface area contributed by atoms with Gasteiger partial charge in [0.15, 0.2) is 6.10 Å². The molecule has 0 heterocycles. The first-order valence-corrected chi connectivity index (χ1v) is 4.58. The van der Waals surface area contributed by atoms with Gasteiger partial charge in [-0.2, -0.15) is 22.0 Å². The van der Waals surface area contributed by atoms with Crippen LogP contribution in [-0.2, 0) is 0 Å². The molecule has 1 N–H and O–H groups in total. The lowest BCUT2D eigenvalue weighted by Crippen LogP contribution is -2.21. The maximum atomic E-state index is 12.2. The maximum Gasteiger partial charge on any atom is 0.418 e. The molecule has 1 atom stereocenters. The summed E-state index contributed by atoms with van der Waals surface area (Å²) in [7, 11) is 0. The van der Waals surface area contributed by atoms with Crippen LogP contribution in [0, 0.1) is 0 Å². The molecular formula is C9H6ClF5O2.